The SMILES string of the molecule is CC[C@@H]1C[C@H](OC(=O)N2CCSCC2)C[C@@H]1c1nnc2cnc3c(n12)C=CC3. The number of aromatic nitrogens is 4. The van der Waals surface area contributed by atoms with E-state index in [1.807, 2.05) is 22.9 Å². The molecule has 2 fully saturated rings. The minimum absolute atomic E-state index is 0.0465. The molecule has 1 saturated carbocycles. The number of ether oxygens (including phenoxy) is 1. The van der Waals surface area contributed by atoms with E-state index < -0.39 is 0 Å². The molecule has 1 saturated heterocycles. The fraction of sp³-hybridized carbons (Fsp3) is 0.600. The van der Waals surface area contributed by atoms with Crippen LogP contribution in [0.3, 0.4) is 0 Å². The van der Waals surface area contributed by atoms with Crippen molar-refractivity contribution in [2.24, 2.45) is 5.92 Å². The minimum atomic E-state index is -0.153. The van der Waals surface area contributed by atoms with Crippen molar-refractivity contribution in [2.45, 2.75) is 44.6 Å². The van der Waals surface area contributed by atoms with Gasteiger partial charge in [-0.3, -0.25) is 9.38 Å². The van der Waals surface area contributed by atoms with Crippen molar-refractivity contribution in [3.8, 4) is 0 Å². The van der Waals surface area contributed by atoms with Crippen molar-refractivity contribution in [3.63, 3.8) is 0 Å². The monoisotopic (exact) mass is 399 g/mol. The summed E-state index contributed by atoms with van der Waals surface area (Å²) in [4.78, 5) is 18.9. The molecular weight excluding hydrogens is 374 g/mol. The molecule has 3 heterocycles. The van der Waals surface area contributed by atoms with Gasteiger partial charge in [0.05, 0.1) is 17.6 Å². The normalized spacial score (nSPS) is 26.8. The Hall–Kier alpha value is -2.09. The first-order valence-corrected chi connectivity index (χ1v) is 11.3. The van der Waals surface area contributed by atoms with Crippen LogP contribution in [0.4, 0.5) is 4.79 Å². The smallest absolute Gasteiger partial charge is 0.410 e. The number of nitrogens with zero attached hydrogens (tertiary/aromatic N) is 5. The van der Waals surface area contributed by atoms with E-state index in [9.17, 15) is 4.79 Å². The lowest BCUT2D eigenvalue weighted by molar-refractivity contribution is 0.0658. The van der Waals surface area contributed by atoms with Gasteiger partial charge < -0.3 is 9.64 Å². The van der Waals surface area contributed by atoms with Gasteiger partial charge in [-0.2, -0.15) is 11.8 Å². The van der Waals surface area contributed by atoms with Gasteiger partial charge in [0, 0.05) is 36.9 Å². The van der Waals surface area contributed by atoms with Gasteiger partial charge in [-0.1, -0.05) is 19.4 Å². The van der Waals surface area contributed by atoms with Crippen LogP contribution in [0, 0.1) is 5.92 Å². The minimum Gasteiger partial charge on any atom is -0.446 e. The van der Waals surface area contributed by atoms with Gasteiger partial charge in [0.25, 0.3) is 0 Å². The molecule has 28 heavy (non-hydrogen) atoms. The maximum Gasteiger partial charge on any atom is 0.410 e. The third-order valence-corrected chi connectivity index (χ3v) is 7.16. The molecule has 7 nitrogen and oxygen atoms in total. The second-order valence-electron chi connectivity index (χ2n) is 7.80. The van der Waals surface area contributed by atoms with Crippen molar-refractivity contribution >= 4 is 29.6 Å². The van der Waals surface area contributed by atoms with Crippen LogP contribution in [0.5, 0.6) is 0 Å². The zero-order valence-corrected chi connectivity index (χ0v) is 16.9. The summed E-state index contributed by atoms with van der Waals surface area (Å²) in [6.07, 6.45) is 9.47. The van der Waals surface area contributed by atoms with Crippen molar-refractivity contribution in [2.75, 3.05) is 24.6 Å². The van der Waals surface area contributed by atoms with Crippen molar-refractivity contribution in [1.29, 1.82) is 0 Å². The lowest BCUT2D eigenvalue weighted by atomic mass is 9.93. The summed E-state index contributed by atoms with van der Waals surface area (Å²) in [5, 5.41) is 8.91. The second kappa shape index (κ2) is 7.39. The number of hydrogen-bond donors (Lipinski definition) is 0. The highest BCUT2D eigenvalue weighted by atomic mass is 32.2. The standard InChI is InChI=1S/C20H25N5O2S/c1-2-13-10-14(27-20(26)24-6-8-28-9-7-24)11-15(13)19-23-22-18-12-21-16-4-3-5-17(16)25(18)19/h3,5,12-15H,2,4,6-11H2,1H3/t13-,14+,15+/m1/s1. The number of allylic oxidation sites excluding steroid dienone is 1. The number of hydrogen-bond acceptors (Lipinski definition) is 6. The van der Waals surface area contributed by atoms with E-state index in [1.54, 1.807) is 0 Å². The van der Waals surface area contributed by atoms with Crippen molar-refractivity contribution in [3.05, 3.63) is 29.5 Å². The van der Waals surface area contributed by atoms with Gasteiger partial charge in [0.15, 0.2) is 5.65 Å². The zero-order valence-electron chi connectivity index (χ0n) is 16.1. The molecule has 0 bridgehead atoms. The van der Waals surface area contributed by atoms with Crippen LogP contribution in [-0.4, -0.2) is 61.3 Å². The highest BCUT2D eigenvalue weighted by molar-refractivity contribution is 7.99. The third kappa shape index (κ3) is 3.07. The third-order valence-electron chi connectivity index (χ3n) is 6.22. The second-order valence-corrected chi connectivity index (χ2v) is 9.02. The highest BCUT2D eigenvalue weighted by Crippen LogP contribution is 2.43. The number of fused-ring (bicyclic) bond motifs is 3. The molecule has 148 valence electrons. The fourth-order valence-electron chi connectivity index (χ4n) is 4.72. The number of rotatable bonds is 3. The fourth-order valence-corrected chi connectivity index (χ4v) is 5.62. The molecule has 2 aromatic rings. The average molecular weight is 400 g/mol. The predicted molar refractivity (Wildman–Crippen MR) is 108 cm³/mol. The Morgan fingerprint density at radius 3 is 2.96 bits per heavy atom. The van der Waals surface area contributed by atoms with E-state index in [-0.39, 0.29) is 18.1 Å². The van der Waals surface area contributed by atoms with Crippen LogP contribution < -0.4 is 0 Å². The molecule has 0 N–H and O–H groups in total. The first-order valence-electron chi connectivity index (χ1n) is 10.2. The summed E-state index contributed by atoms with van der Waals surface area (Å²) in [5.74, 6) is 3.67. The van der Waals surface area contributed by atoms with Crippen molar-refractivity contribution < 1.29 is 9.53 Å². The van der Waals surface area contributed by atoms with Crippen molar-refractivity contribution in [1.82, 2.24) is 24.5 Å². The first kappa shape index (κ1) is 18.0. The molecule has 0 unspecified atom stereocenters. The van der Waals surface area contributed by atoms with Crippen LogP contribution in [-0.2, 0) is 11.2 Å². The number of carbonyl (C=O) groups is 1. The summed E-state index contributed by atoms with van der Waals surface area (Å²) in [6.45, 7) is 3.78. The molecule has 2 aromatic heterocycles. The molecule has 8 heteroatoms. The Morgan fingerprint density at radius 1 is 1.29 bits per heavy atom. The Morgan fingerprint density at radius 2 is 2.14 bits per heavy atom. The molecule has 3 atom stereocenters. The zero-order chi connectivity index (χ0) is 19.1. The van der Waals surface area contributed by atoms with E-state index in [4.69, 9.17) is 4.74 Å². The quantitative estimate of drug-likeness (QED) is 0.789. The molecule has 5 rings (SSSR count). The van der Waals surface area contributed by atoms with E-state index in [0.717, 1.165) is 73.1 Å². The Balaban J connectivity index is 1.38. The van der Waals surface area contributed by atoms with Crippen LogP contribution in [0.1, 0.15) is 49.3 Å². The number of amides is 1. The van der Waals surface area contributed by atoms with Gasteiger partial charge in [0.1, 0.15) is 11.9 Å². The Bertz CT molecular complexity index is 921. The lowest BCUT2D eigenvalue weighted by Gasteiger charge is -2.27. The average Bonchev–Trinajstić information content (AvgIpc) is 3.45. The maximum atomic E-state index is 12.6. The van der Waals surface area contributed by atoms with E-state index >= 15 is 0 Å². The summed E-state index contributed by atoms with van der Waals surface area (Å²) in [6, 6.07) is 0. The number of carbonyl (C=O) groups excluding carboxylic acids is 1. The topological polar surface area (TPSA) is 72.6 Å². The first-order chi connectivity index (χ1) is 13.7. The van der Waals surface area contributed by atoms with Crippen LogP contribution in [0.15, 0.2) is 12.3 Å². The maximum absolute atomic E-state index is 12.6. The summed E-state index contributed by atoms with van der Waals surface area (Å²) >= 11 is 1.89. The van der Waals surface area contributed by atoms with Gasteiger partial charge in [-0.05, 0) is 24.8 Å². The van der Waals surface area contributed by atoms with Gasteiger partial charge >= 0.3 is 6.09 Å². The van der Waals surface area contributed by atoms with Crippen LogP contribution in [0.25, 0.3) is 11.7 Å². The van der Waals surface area contributed by atoms with E-state index in [0.29, 0.717) is 5.92 Å². The molecule has 3 aliphatic rings. The summed E-state index contributed by atoms with van der Waals surface area (Å²) in [5.41, 5.74) is 2.96. The summed E-state index contributed by atoms with van der Waals surface area (Å²) in [7, 11) is 0. The largest absolute Gasteiger partial charge is 0.446 e. The molecule has 1 aliphatic heterocycles. The van der Waals surface area contributed by atoms with Crippen LogP contribution in [0.2, 0.25) is 0 Å². The van der Waals surface area contributed by atoms with Gasteiger partial charge in [0.2, 0.25) is 0 Å². The predicted octanol–water partition coefficient (Wildman–Crippen LogP) is 3.15. The molecule has 0 aromatic carbocycles. The summed E-state index contributed by atoms with van der Waals surface area (Å²) < 4.78 is 8.07. The van der Waals surface area contributed by atoms with Gasteiger partial charge in [-0.15, -0.1) is 10.2 Å². The Kier molecular flexibility index (Phi) is 4.74. The molecular formula is C20H25N5O2S. The Labute approximate surface area is 168 Å². The molecule has 0 spiro atoms. The van der Waals surface area contributed by atoms with Crippen LogP contribution >= 0.6 is 11.8 Å². The molecule has 1 amide bonds. The molecule has 0 radical (unpaired) electrons. The molecule has 2 aliphatic carbocycles. The van der Waals surface area contributed by atoms with E-state index in [1.165, 1.54) is 0 Å². The lowest BCUT2D eigenvalue weighted by Crippen LogP contribution is -2.39. The highest BCUT2D eigenvalue weighted by Gasteiger charge is 2.40. The van der Waals surface area contributed by atoms with Gasteiger partial charge in [-0.25, -0.2) is 4.79 Å². The number of thioether (sulfide) groups is 1. The van der Waals surface area contributed by atoms with E-state index in [2.05, 4.69) is 38.7 Å².